The first-order valence-corrected chi connectivity index (χ1v) is 12.9. The number of rotatable bonds is 19. The number of alkyl halides is 34. The van der Waals surface area contributed by atoms with Crippen LogP contribution in [0.25, 0.3) is 0 Å². The van der Waals surface area contributed by atoms with Gasteiger partial charge in [0.25, 0.3) is 0 Å². The molecule has 0 atom stereocenters. The van der Waals surface area contributed by atoms with E-state index in [1.165, 1.54) is 0 Å². The highest BCUT2D eigenvalue weighted by molar-refractivity contribution is 7.80. The van der Waals surface area contributed by atoms with Gasteiger partial charge in [0.05, 0.1) is 0 Å². The summed E-state index contributed by atoms with van der Waals surface area (Å²) in [6.07, 6.45) is -3.04. The van der Waals surface area contributed by atoms with E-state index in [0.29, 0.717) is 0 Å². The van der Waals surface area contributed by atoms with E-state index in [0.717, 1.165) is 0 Å². The molecule has 0 unspecified atom stereocenters. The molecule has 37 heteroatoms. The normalized spacial score (nSPS) is 17.0. The fourth-order valence-corrected chi connectivity index (χ4v) is 3.70. The maximum atomic E-state index is 13.9. The number of hydrogen-bond acceptors (Lipinski definition) is 2. The van der Waals surface area contributed by atoms with E-state index in [9.17, 15) is 154 Å². The maximum Gasteiger partial charge on any atom is 0.410 e. The van der Waals surface area contributed by atoms with Gasteiger partial charge in [0, 0.05) is 6.42 Å². The fourth-order valence-electron chi connectivity index (χ4n) is 3.42. The third kappa shape index (κ3) is 6.17. The van der Waals surface area contributed by atoms with E-state index in [1.54, 1.807) is 0 Å². The zero-order valence-electron chi connectivity index (χ0n) is 24.6. The molecule has 0 aliphatic carbocycles. The van der Waals surface area contributed by atoms with E-state index < -0.39 is 119 Å². The van der Waals surface area contributed by atoms with Crippen LogP contribution >= 0.6 is 12.6 Å². The zero-order chi connectivity index (χ0) is 47.5. The first kappa shape index (κ1) is 54.4. The Bertz CT molecular complexity index is 1490. The third-order valence-corrected chi connectivity index (χ3v) is 7.29. The lowest BCUT2D eigenvalue weighted by atomic mass is 9.82. The van der Waals surface area contributed by atoms with Gasteiger partial charge in [0.2, 0.25) is 0 Å². The standard InChI is InChI=1S/C20H6F34O2S/c21-4(22,1-2-57)6(25,26)8(29,30)10(33,34)12(37,38)14(41,42)16(45,46)18(49,50)20(53,54)19(51,52)17(47,48)15(43,44)13(39,40)11(35,36)9(31,32)7(27,28)5(23,24)3(55)56/h57H,1-2H2,(H,55,56). The van der Waals surface area contributed by atoms with Gasteiger partial charge in [-0.15, -0.1) is 0 Å². The molecule has 0 aromatic heterocycles. The van der Waals surface area contributed by atoms with E-state index in [-0.39, 0.29) is 0 Å². The van der Waals surface area contributed by atoms with E-state index in [2.05, 4.69) is 12.6 Å². The Labute approximate surface area is 291 Å². The minimum atomic E-state index is -10.3. The summed E-state index contributed by atoms with van der Waals surface area (Å²) in [6, 6.07) is 0. The SMILES string of the molecule is O=C(O)C(F)(F)C(F)(F)C(F)(F)C(F)(F)C(F)(F)C(F)(F)C(F)(F)C(F)(F)C(F)(F)C(F)(F)C(F)(F)C(F)(F)C(F)(F)C(F)(F)C(F)(F)C(F)(F)C(F)(F)CCS. The lowest BCUT2D eigenvalue weighted by Crippen LogP contribution is -2.80. The Morgan fingerprint density at radius 1 is 0.298 bits per heavy atom. The van der Waals surface area contributed by atoms with Gasteiger partial charge in [0.1, 0.15) is 0 Å². The summed E-state index contributed by atoms with van der Waals surface area (Å²) in [6.45, 7) is 0. The summed E-state index contributed by atoms with van der Waals surface area (Å²) in [4.78, 5) is 9.98. The lowest BCUT2D eigenvalue weighted by molar-refractivity contribution is -0.490. The highest BCUT2D eigenvalue weighted by atomic mass is 32.1. The van der Waals surface area contributed by atoms with Crippen LogP contribution < -0.4 is 0 Å². The molecule has 0 saturated heterocycles. The Balaban J connectivity index is 7.84. The molecule has 0 spiro atoms. The summed E-state index contributed by atoms with van der Waals surface area (Å²) >= 11 is 2.63. The molecule has 0 aromatic carbocycles. The van der Waals surface area contributed by atoms with Gasteiger partial charge in [-0.2, -0.15) is 162 Å². The van der Waals surface area contributed by atoms with Crippen LogP contribution in [0.1, 0.15) is 6.42 Å². The Hall–Kier alpha value is -2.56. The molecule has 0 heterocycles. The first-order valence-electron chi connectivity index (χ1n) is 12.3. The number of hydrogen-bond donors (Lipinski definition) is 2. The second-order valence-corrected chi connectivity index (χ2v) is 11.1. The third-order valence-electron chi connectivity index (χ3n) is 7.07. The summed E-state index contributed by atoms with van der Waals surface area (Å²) in [5.74, 6) is -168. The fraction of sp³-hybridized carbons (Fsp3) is 0.950. The molecular weight excluding hydrogens is 950 g/mol. The molecule has 0 aliphatic heterocycles. The number of thiol groups is 1. The van der Waals surface area contributed by atoms with Crippen molar-refractivity contribution in [3.8, 4) is 0 Å². The number of carboxylic acids is 1. The predicted molar refractivity (Wildman–Crippen MR) is 110 cm³/mol. The molecule has 0 amide bonds. The van der Waals surface area contributed by atoms with Gasteiger partial charge in [-0.1, -0.05) is 0 Å². The quantitative estimate of drug-likeness (QED) is 0.100. The second kappa shape index (κ2) is 13.5. The largest absolute Gasteiger partial charge is 0.477 e. The first-order chi connectivity index (χ1) is 24.0. The molecule has 57 heavy (non-hydrogen) atoms. The van der Waals surface area contributed by atoms with Crippen molar-refractivity contribution in [2.45, 2.75) is 107 Å². The van der Waals surface area contributed by atoms with Crippen LogP contribution in [0.2, 0.25) is 0 Å². The van der Waals surface area contributed by atoms with Gasteiger partial charge in [-0.3, -0.25) is 0 Å². The van der Waals surface area contributed by atoms with Crippen molar-refractivity contribution in [1.82, 2.24) is 0 Å². The minimum Gasteiger partial charge on any atom is -0.477 e. The Morgan fingerprint density at radius 3 is 0.579 bits per heavy atom. The molecule has 1 N–H and O–H groups in total. The molecule has 342 valence electrons. The molecule has 0 aliphatic rings. The van der Waals surface area contributed by atoms with Crippen molar-refractivity contribution < 1.29 is 159 Å². The van der Waals surface area contributed by atoms with Crippen LogP contribution in [0.3, 0.4) is 0 Å². The Morgan fingerprint density at radius 2 is 0.439 bits per heavy atom. The topological polar surface area (TPSA) is 37.3 Å². The van der Waals surface area contributed by atoms with E-state index in [4.69, 9.17) is 5.11 Å². The smallest absolute Gasteiger partial charge is 0.410 e. The predicted octanol–water partition coefficient (Wildman–Crippen LogP) is 11.2. The summed E-state index contributed by atoms with van der Waals surface area (Å²) < 4.78 is 465. The number of halogens is 34. The molecule has 0 aromatic rings. The van der Waals surface area contributed by atoms with Gasteiger partial charge in [-0.25, -0.2) is 4.79 Å². The van der Waals surface area contributed by atoms with Crippen LogP contribution in [-0.4, -0.2) is 118 Å². The second-order valence-electron chi connectivity index (χ2n) is 10.7. The van der Waals surface area contributed by atoms with Gasteiger partial charge in [0.15, 0.2) is 0 Å². The van der Waals surface area contributed by atoms with Gasteiger partial charge < -0.3 is 5.11 Å². The number of carboxylic acid groups (broad SMARTS) is 1. The molecule has 0 rings (SSSR count). The van der Waals surface area contributed by atoms with E-state index >= 15 is 0 Å². The van der Waals surface area contributed by atoms with Crippen LogP contribution in [0.5, 0.6) is 0 Å². The van der Waals surface area contributed by atoms with Crippen molar-refractivity contribution >= 4 is 18.6 Å². The molecule has 2 nitrogen and oxygen atoms in total. The van der Waals surface area contributed by atoms with E-state index in [1.807, 2.05) is 0 Å². The Kier molecular flexibility index (Phi) is 12.9. The molecule has 0 bridgehead atoms. The van der Waals surface area contributed by atoms with Crippen molar-refractivity contribution in [3.05, 3.63) is 0 Å². The van der Waals surface area contributed by atoms with Crippen LogP contribution in [-0.2, 0) is 4.79 Å². The van der Waals surface area contributed by atoms with Gasteiger partial charge >= 0.3 is 107 Å². The summed E-state index contributed by atoms with van der Waals surface area (Å²) in [5.41, 5.74) is 0. The molecule has 0 fully saturated rings. The summed E-state index contributed by atoms with van der Waals surface area (Å²) in [7, 11) is 0. The van der Waals surface area contributed by atoms with Crippen molar-refractivity contribution in [3.63, 3.8) is 0 Å². The van der Waals surface area contributed by atoms with Crippen LogP contribution in [0, 0.1) is 0 Å². The average molecular weight is 956 g/mol. The zero-order valence-corrected chi connectivity index (χ0v) is 25.5. The monoisotopic (exact) mass is 956 g/mol. The molecular formula is C20H6F34O2S. The van der Waals surface area contributed by atoms with Crippen LogP contribution in [0.15, 0.2) is 0 Å². The maximum absolute atomic E-state index is 13.9. The van der Waals surface area contributed by atoms with Crippen molar-refractivity contribution in [2.75, 3.05) is 5.75 Å². The molecule has 0 saturated carbocycles. The van der Waals surface area contributed by atoms with Crippen molar-refractivity contribution in [2.24, 2.45) is 0 Å². The average Bonchev–Trinajstić information content (AvgIpc) is 2.99. The lowest BCUT2D eigenvalue weighted by Gasteiger charge is -2.47. The highest BCUT2D eigenvalue weighted by Crippen LogP contribution is 2.70. The number of carbonyl (C=O) groups is 1. The van der Waals surface area contributed by atoms with Gasteiger partial charge in [-0.05, 0) is 5.75 Å². The van der Waals surface area contributed by atoms with Crippen LogP contribution in [0.4, 0.5) is 149 Å². The number of aliphatic carboxylic acids is 1. The summed E-state index contributed by atoms with van der Waals surface area (Å²) in [5, 5.41) is 7.69. The van der Waals surface area contributed by atoms with Crippen molar-refractivity contribution in [1.29, 1.82) is 0 Å². The molecule has 0 radical (unpaired) electrons. The minimum absolute atomic E-state index is 1.92. The highest BCUT2D eigenvalue weighted by Gasteiger charge is 3.02.